The Kier molecular flexibility index (Phi) is 6.88. The zero-order chi connectivity index (χ0) is 19.1. The first-order valence-electron chi connectivity index (χ1n) is 7.84. The molecule has 0 atom stereocenters. The van der Waals surface area contributed by atoms with Gasteiger partial charge in [-0.1, -0.05) is 6.58 Å². The highest BCUT2D eigenvalue weighted by molar-refractivity contribution is 6.10. The Morgan fingerprint density at radius 1 is 0.846 bits per heavy atom. The highest BCUT2D eigenvalue weighted by Crippen LogP contribution is 2.18. The third kappa shape index (κ3) is 4.47. The molecule has 1 aromatic carbocycles. The number of allylic oxidation sites excluding steroid dienone is 3. The number of benzene rings is 1. The number of azo groups is 1. The maximum atomic E-state index is 11.8. The second-order valence-corrected chi connectivity index (χ2v) is 5.61. The average Bonchev–Trinajstić information content (AvgIpc) is 2.66. The third-order valence-electron chi connectivity index (χ3n) is 3.88. The third-order valence-corrected chi connectivity index (χ3v) is 3.88. The Hall–Kier alpha value is -2.71. The van der Waals surface area contributed by atoms with Crippen LogP contribution in [0.5, 0.6) is 0 Å². The normalized spacial score (nSPS) is 14.5. The summed E-state index contributed by atoms with van der Waals surface area (Å²) in [6, 6.07) is 3.39. The molecule has 2 rings (SSSR count). The standard InChI is InChI=1S/C19H20N2O5/c1-12-15(8-22)2-13(3-16(12)9-23)6-20-21-7-14-4-17(10-24)19(26)18(5-14)11-25/h2-7,22-25H,1,8-11H2. The van der Waals surface area contributed by atoms with Gasteiger partial charge in [0.05, 0.1) is 38.8 Å². The molecule has 0 spiro atoms. The summed E-state index contributed by atoms with van der Waals surface area (Å²) in [6.07, 6.45) is 5.80. The minimum Gasteiger partial charge on any atom is -0.392 e. The summed E-state index contributed by atoms with van der Waals surface area (Å²) in [4.78, 5) is 11.8. The van der Waals surface area contributed by atoms with Crippen molar-refractivity contribution in [1.82, 2.24) is 0 Å². The number of aliphatic hydroxyl groups is 4. The monoisotopic (exact) mass is 356 g/mol. The van der Waals surface area contributed by atoms with E-state index >= 15 is 0 Å². The van der Waals surface area contributed by atoms with Gasteiger partial charge in [-0.25, -0.2) is 0 Å². The summed E-state index contributed by atoms with van der Waals surface area (Å²) in [7, 11) is 0. The van der Waals surface area contributed by atoms with Crippen LogP contribution in [0.25, 0.3) is 12.8 Å². The number of nitrogens with zero attached hydrogens (tertiary/aromatic N) is 2. The lowest BCUT2D eigenvalue weighted by atomic mass is 9.95. The van der Waals surface area contributed by atoms with Crippen LogP contribution in [0.1, 0.15) is 11.1 Å². The van der Waals surface area contributed by atoms with E-state index in [-0.39, 0.29) is 24.4 Å². The van der Waals surface area contributed by atoms with E-state index in [1.807, 2.05) is 0 Å². The maximum absolute atomic E-state index is 11.8. The Balaban J connectivity index is 2.31. The molecule has 7 heteroatoms. The topological polar surface area (TPSA) is 123 Å². The van der Waals surface area contributed by atoms with Gasteiger partial charge in [0.2, 0.25) is 0 Å². The average molecular weight is 356 g/mol. The molecule has 0 bridgehead atoms. The van der Waals surface area contributed by atoms with E-state index in [4.69, 9.17) is 0 Å². The van der Waals surface area contributed by atoms with Gasteiger partial charge in [0.25, 0.3) is 0 Å². The van der Waals surface area contributed by atoms with Gasteiger partial charge in [0.15, 0.2) is 5.78 Å². The first-order valence-corrected chi connectivity index (χ1v) is 7.84. The van der Waals surface area contributed by atoms with Crippen molar-refractivity contribution in [3.05, 3.63) is 68.8 Å². The SMILES string of the molecule is C=c1c(CO)cc(=CN=NC=C2C=C(CO)C(=O)C(CO)=C2)cc1CO. The van der Waals surface area contributed by atoms with Gasteiger partial charge >= 0.3 is 0 Å². The molecular formula is C19H20N2O5. The lowest BCUT2D eigenvalue weighted by Gasteiger charge is -2.11. The molecule has 0 saturated heterocycles. The van der Waals surface area contributed by atoms with E-state index in [1.165, 1.54) is 24.6 Å². The van der Waals surface area contributed by atoms with Crippen LogP contribution in [0.15, 0.2) is 57.4 Å². The number of Topliss-reactive ketones (excluding diaryl/α,β-unsaturated/α-hetero) is 1. The van der Waals surface area contributed by atoms with E-state index in [9.17, 15) is 25.2 Å². The Bertz CT molecular complexity index is 869. The Morgan fingerprint density at radius 3 is 1.81 bits per heavy atom. The zero-order valence-corrected chi connectivity index (χ0v) is 14.1. The predicted octanol–water partition coefficient (Wildman–Crippen LogP) is -0.424. The molecule has 0 unspecified atom stereocenters. The van der Waals surface area contributed by atoms with Crippen molar-refractivity contribution in [2.24, 2.45) is 10.2 Å². The number of carbonyl (C=O) groups excluding carboxylic acids is 1. The molecule has 0 saturated carbocycles. The molecule has 136 valence electrons. The van der Waals surface area contributed by atoms with Crippen LogP contribution in [-0.2, 0) is 18.0 Å². The van der Waals surface area contributed by atoms with Crippen molar-refractivity contribution in [3.8, 4) is 0 Å². The highest BCUT2D eigenvalue weighted by Gasteiger charge is 2.18. The van der Waals surface area contributed by atoms with Crippen molar-refractivity contribution >= 4 is 18.6 Å². The fourth-order valence-electron chi connectivity index (χ4n) is 2.47. The lowest BCUT2D eigenvalue weighted by molar-refractivity contribution is -0.113. The van der Waals surface area contributed by atoms with E-state index in [0.29, 0.717) is 27.1 Å². The van der Waals surface area contributed by atoms with Crippen LogP contribution < -0.4 is 10.4 Å². The fourth-order valence-corrected chi connectivity index (χ4v) is 2.47. The summed E-state index contributed by atoms with van der Waals surface area (Å²) in [5, 5.41) is 46.1. The molecule has 0 radical (unpaired) electrons. The van der Waals surface area contributed by atoms with Gasteiger partial charge in [0, 0.05) is 11.1 Å². The molecule has 0 fully saturated rings. The first-order chi connectivity index (χ1) is 12.5. The van der Waals surface area contributed by atoms with E-state index in [0.717, 1.165) is 0 Å². The fraction of sp³-hybridized carbons (Fsp3) is 0.211. The van der Waals surface area contributed by atoms with Gasteiger partial charge in [-0.15, -0.1) is 0 Å². The van der Waals surface area contributed by atoms with Crippen molar-refractivity contribution in [2.75, 3.05) is 13.2 Å². The lowest BCUT2D eigenvalue weighted by Crippen LogP contribution is -2.19. The van der Waals surface area contributed by atoms with Gasteiger partial charge in [0.1, 0.15) is 0 Å². The largest absolute Gasteiger partial charge is 0.392 e. The summed E-state index contributed by atoms with van der Waals surface area (Å²) < 4.78 is 0. The minimum atomic E-state index is -0.429. The summed E-state index contributed by atoms with van der Waals surface area (Å²) in [5.41, 5.74) is 2.05. The second-order valence-electron chi connectivity index (χ2n) is 5.61. The maximum Gasteiger partial charge on any atom is 0.189 e. The molecule has 4 N–H and O–H groups in total. The minimum absolute atomic E-state index is 0.174. The Labute approximate surface area is 150 Å². The Morgan fingerprint density at radius 2 is 1.35 bits per heavy atom. The van der Waals surface area contributed by atoms with E-state index in [1.54, 1.807) is 12.1 Å². The van der Waals surface area contributed by atoms with Gasteiger partial charge in [-0.2, -0.15) is 10.2 Å². The quantitative estimate of drug-likeness (QED) is 0.516. The van der Waals surface area contributed by atoms with Crippen LogP contribution in [0.2, 0.25) is 0 Å². The zero-order valence-electron chi connectivity index (χ0n) is 14.1. The number of aliphatic hydroxyl groups excluding tert-OH is 4. The van der Waals surface area contributed by atoms with Crippen molar-refractivity contribution in [3.63, 3.8) is 0 Å². The number of hydrogen-bond donors (Lipinski definition) is 4. The summed E-state index contributed by atoms with van der Waals surface area (Å²) in [6.45, 7) is 2.56. The van der Waals surface area contributed by atoms with Crippen LogP contribution in [0.3, 0.4) is 0 Å². The van der Waals surface area contributed by atoms with Crippen molar-refractivity contribution in [1.29, 1.82) is 0 Å². The smallest absolute Gasteiger partial charge is 0.189 e. The molecule has 1 aliphatic carbocycles. The second kappa shape index (κ2) is 9.12. The summed E-state index contributed by atoms with van der Waals surface area (Å²) in [5.74, 6) is -0.392. The summed E-state index contributed by atoms with van der Waals surface area (Å²) >= 11 is 0. The van der Waals surface area contributed by atoms with Crippen molar-refractivity contribution in [2.45, 2.75) is 13.2 Å². The number of rotatable bonds is 6. The van der Waals surface area contributed by atoms with E-state index in [2.05, 4.69) is 16.8 Å². The number of ketones is 1. The highest BCUT2D eigenvalue weighted by atomic mass is 16.3. The molecule has 0 heterocycles. The van der Waals surface area contributed by atoms with Gasteiger partial charge in [-0.05, 0) is 51.4 Å². The van der Waals surface area contributed by atoms with Crippen LogP contribution in [-0.4, -0.2) is 39.4 Å². The number of carbonyl (C=O) groups is 1. The predicted molar refractivity (Wildman–Crippen MR) is 95.8 cm³/mol. The molecule has 7 nitrogen and oxygen atoms in total. The van der Waals surface area contributed by atoms with Crippen LogP contribution in [0.4, 0.5) is 0 Å². The molecule has 26 heavy (non-hydrogen) atoms. The molecule has 0 aliphatic heterocycles. The molecule has 0 amide bonds. The van der Waals surface area contributed by atoms with Crippen LogP contribution in [0, 0.1) is 0 Å². The molecule has 1 aliphatic rings. The van der Waals surface area contributed by atoms with Crippen molar-refractivity contribution < 1.29 is 25.2 Å². The number of hydrogen-bond acceptors (Lipinski definition) is 7. The molecule has 0 aromatic heterocycles. The van der Waals surface area contributed by atoms with E-state index < -0.39 is 19.0 Å². The van der Waals surface area contributed by atoms with Gasteiger partial charge < -0.3 is 20.4 Å². The van der Waals surface area contributed by atoms with Crippen LogP contribution >= 0.6 is 0 Å². The van der Waals surface area contributed by atoms with Gasteiger partial charge in [-0.3, -0.25) is 4.79 Å². The molecular weight excluding hydrogens is 336 g/mol. The molecule has 1 aromatic rings. The first kappa shape index (κ1) is 19.6.